The smallest absolute Gasteiger partial charge is 0.229 e. The maximum absolute atomic E-state index is 12.7. The molecule has 6 heteroatoms. The van der Waals surface area contributed by atoms with Crippen LogP contribution in [0, 0.1) is 17.2 Å². The lowest BCUT2D eigenvalue weighted by Crippen LogP contribution is -2.29. The minimum Gasteiger partial charge on any atom is -0.372 e. The van der Waals surface area contributed by atoms with Gasteiger partial charge in [0, 0.05) is 43.1 Å². The molecule has 0 aromatic heterocycles. The van der Waals surface area contributed by atoms with E-state index in [1.807, 2.05) is 24.3 Å². The van der Waals surface area contributed by atoms with Crippen LogP contribution in [0.4, 0.5) is 17.1 Å². The average molecular weight is 388 g/mol. The summed E-state index contributed by atoms with van der Waals surface area (Å²) in [6.45, 7) is 2.52. The number of amides is 2. The maximum atomic E-state index is 12.7. The van der Waals surface area contributed by atoms with Gasteiger partial charge >= 0.3 is 0 Å². The van der Waals surface area contributed by atoms with E-state index >= 15 is 0 Å². The molecule has 2 heterocycles. The summed E-state index contributed by atoms with van der Waals surface area (Å²) in [5, 5.41) is 11.9. The second-order valence-corrected chi connectivity index (χ2v) is 7.65. The maximum Gasteiger partial charge on any atom is 0.229 e. The van der Waals surface area contributed by atoms with Crippen LogP contribution in [0.25, 0.3) is 0 Å². The van der Waals surface area contributed by atoms with Crippen molar-refractivity contribution < 1.29 is 9.59 Å². The topological polar surface area (TPSA) is 76.4 Å². The van der Waals surface area contributed by atoms with Crippen LogP contribution in [0.1, 0.15) is 31.2 Å². The Kier molecular flexibility index (Phi) is 5.48. The Bertz CT molecular complexity index is 925. The Morgan fingerprint density at radius 3 is 2.28 bits per heavy atom. The number of carbonyl (C=O) groups excluding carboxylic acids is 2. The fourth-order valence-corrected chi connectivity index (χ4v) is 4.00. The summed E-state index contributed by atoms with van der Waals surface area (Å²) in [5.74, 6) is -0.601. The molecule has 0 saturated carbocycles. The minimum atomic E-state index is -0.389. The molecule has 1 atom stereocenters. The molecule has 2 aliphatic rings. The van der Waals surface area contributed by atoms with E-state index in [0.717, 1.165) is 24.5 Å². The summed E-state index contributed by atoms with van der Waals surface area (Å²) in [7, 11) is 0. The summed E-state index contributed by atoms with van der Waals surface area (Å²) in [6, 6.07) is 16.9. The number of anilines is 3. The fourth-order valence-electron chi connectivity index (χ4n) is 4.00. The van der Waals surface area contributed by atoms with Gasteiger partial charge in [0.1, 0.15) is 0 Å². The summed E-state index contributed by atoms with van der Waals surface area (Å²) >= 11 is 0. The van der Waals surface area contributed by atoms with Crippen LogP contribution >= 0.6 is 0 Å². The molecule has 2 aromatic rings. The van der Waals surface area contributed by atoms with Crippen molar-refractivity contribution in [1.29, 1.82) is 5.26 Å². The van der Waals surface area contributed by atoms with Crippen molar-refractivity contribution in [1.82, 2.24) is 0 Å². The number of benzene rings is 2. The Morgan fingerprint density at radius 2 is 1.62 bits per heavy atom. The van der Waals surface area contributed by atoms with Crippen molar-refractivity contribution in [2.45, 2.75) is 25.7 Å². The Morgan fingerprint density at radius 1 is 0.966 bits per heavy atom. The predicted octanol–water partition coefficient (Wildman–Crippen LogP) is 3.54. The quantitative estimate of drug-likeness (QED) is 0.869. The molecule has 1 unspecified atom stereocenters. The number of carbonyl (C=O) groups is 2. The molecule has 2 amide bonds. The van der Waals surface area contributed by atoms with Crippen molar-refractivity contribution in [2.75, 3.05) is 34.8 Å². The third-order valence-electron chi connectivity index (χ3n) is 5.66. The van der Waals surface area contributed by atoms with Crippen LogP contribution in [-0.2, 0) is 9.59 Å². The number of nitrogens with one attached hydrogen (secondary N) is 1. The van der Waals surface area contributed by atoms with Gasteiger partial charge in [-0.3, -0.25) is 9.59 Å². The molecule has 148 valence electrons. The van der Waals surface area contributed by atoms with Gasteiger partial charge in [0.15, 0.2) is 0 Å². The highest BCUT2D eigenvalue weighted by Gasteiger charge is 2.35. The van der Waals surface area contributed by atoms with Crippen molar-refractivity contribution in [3.63, 3.8) is 0 Å². The lowest BCUT2D eigenvalue weighted by atomic mass is 10.1. The number of piperidine rings is 1. The van der Waals surface area contributed by atoms with Gasteiger partial charge in [-0.15, -0.1) is 0 Å². The number of hydrogen-bond acceptors (Lipinski definition) is 4. The van der Waals surface area contributed by atoms with E-state index < -0.39 is 0 Å². The summed E-state index contributed by atoms with van der Waals surface area (Å²) < 4.78 is 0. The largest absolute Gasteiger partial charge is 0.372 e. The number of hydrogen-bond donors (Lipinski definition) is 1. The third-order valence-corrected chi connectivity index (χ3v) is 5.66. The Hall–Kier alpha value is -3.33. The zero-order chi connectivity index (χ0) is 20.2. The van der Waals surface area contributed by atoms with Crippen LogP contribution in [0.15, 0.2) is 48.5 Å². The lowest BCUT2D eigenvalue weighted by molar-refractivity contribution is -0.122. The van der Waals surface area contributed by atoms with E-state index in [1.54, 1.807) is 29.2 Å². The van der Waals surface area contributed by atoms with Crippen LogP contribution in [-0.4, -0.2) is 31.4 Å². The molecule has 0 spiro atoms. The molecule has 2 aromatic carbocycles. The van der Waals surface area contributed by atoms with Gasteiger partial charge in [-0.25, -0.2) is 0 Å². The zero-order valence-corrected chi connectivity index (χ0v) is 16.3. The zero-order valence-electron chi connectivity index (χ0n) is 16.3. The Balaban J connectivity index is 1.37. The van der Waals surface area contributed by atoms with Crippen LogP contribution in [0.2, 0.25) is 0 Å². The van der Waals surface area contributed by atoms with Gasteiger partial charge in [0.2, 0.25) is 11.8 Å². The molecular formula is C23H24N4O2. The van der Waals surface area contributed by atoms with Crippen molar-refractivity contribution in [2.24, 2.45) is 5.92 Å². The van der Waals surface area contributed by atoms with Crippen LogP contribution < -0.4 is 15.1 Å². The molecule has 2 saturated heterocycles. The molecule has 29 heavy (non-hydrogen) atoms. The monoisotopic (exact) mass is 388 g/mol. The highest BCUT2D eigenvalue weighted by molar-refractivity contribution is 6.03. The molecule has 0 bridgehead atoms. The van der Waals surface area contributed by atoms with Gasteiger partial charge in [-0.05, 0) is 67.8 Å². The molecule has 2 fully saturated rings. The second-order valence-electron chi connectivity index (χ2n) is 7.65. The molecule has 1 N–H and O–H groups in total. The molecule has 6 nitrogen and oxygen atoms in total. The van der Waals surface area contributed by atoms with E-state index in [4.69, 9.17) is 5.26 Å². The molecular weight excluding hydrogens is 364 g/mol. The summed E-state index contributed by atoms with van der Waals surface area (Å²) in [5.41, 5.74) is 3.20. The SMILES string of the molecule is N#Cc1ccc(N2CC(C(=O)Nc3ccc(N4CCCCC4)cc3)CC2=O)cc1. The van der Waals surface area contributed by atoms with E-state index in [2.05, 4.69) is 16.3 Å². The van der Waals surface area contributed by atoms with Gasteiger partial charge in [0.05, 0.1) is 17.6 Å². The van der Waals surface area contributed by atoms with Crippen molar-refractivity contribution >= 4 is 28.9 Å². The molecule has 2 aliphatic heterocycles. The summed E-state index contributed by atoms with van der Waals surface area (Å²) in [4.78, 5) is 29.1. The van der Waals surface area contributed by atoms with Gasteiger partial charge in [0.25, 0.3) is 0 Å². The minimum absolute atomic E-state index is 0.0738. The highest BCUT2D eigenvalue weighted by atomic mass is 16.2. The number of nitriles is 1. The molecule has 0 aliphatic carbocycles. The fraction of sp³-hybridized carbons (Fsp3) is 0.348. The van der Waals surface area contributed by atoms with E-state index in [-0.39, 0.29) is 24.2 Å². The standard InChI is InChI=1S/C23H24N4O2/c24-15-17-4-8-21(9-5-17)27-16-18(14-22(27)28)23(29)25-19-6-10-20(11-7-19)26-12-2-1-3-13-26/h4-11,18H,1-3,12-14,16H2,(H,25,29). The first-order valence-electron chi connectivity index (χ1n) is 10.1. The second kappa shape index (κ2) is 8.36. The third kappa shape index (κ3) is 4.24. The first-order chi connectivity index (χ1) is 14.1. The highest BCUT2D eigenvalue weighted by Crippen LogP contribution is 2.27. The first kappa shape index (κ1) is 19.0. The predicted molar refractivity (Wildman–Crippen MR) is 113 cm³/mol. The first-order valence-corrected chi connectivity index (χ1v) is 10.1. The van der Waals surface area contributed by atoms with Crippen molar-refractivity contribution in [3.8, 4) is 6.07 Å². The molecule has 0 radical (unpaired) electrons. The van der Waals surface area contributed by atoms with Gasteiger partial charge in [-0.1, -0.05) is 0 Å². The summed E-state index contributed by atoms with van der Waals surface area (Å²) in [6.07, 6.45) is 3.94. The van der Waals surface area contributed by atoms with Crippen molar-refractivity contribution in [3.05, 3.63) is 54.1 Å². The van der Waals surface area contributed by atoms with Gasteiger partial charge in [-0.2, -0.15) is 5.26 Å². The van der Waals surface area contributed by atoms with E-state index in [0.29, 0.717) is 12.1 Å². The van der Waals surface area contributed by atoms with Crippen LogP contribution in [0.3, 0.4) is 0 Å². The Labute approximate surface area is 170 Å². The van der Waals surface area contributed by atoms with E-state index in [1.165, 1.54) is 24.9 Å². The molecule has 4 rings (SSSR count). The number of rotatable bonds is 4. The number of nitrogens with zero attached hydrogens (tertiary/aromatic N) is 3. The average Bonchev–Trinajstić information content (AvgIpc) is 3.17. The van der Waals surface area contributed by atoms with Crippen LogP contribution in [0.5, 0.6) is 0 Å². The van der Waals surface area contributed by atoms with E-state index in [9.17, 15) is 9.59 Å². The normalized spacial score (nSPS) is 19.1. The lowest BCUT2D eigenvalue weighted by Gasteiger charge is -2.28. The van der Waals surface area contributed by atoms with Gasteiger partial charge < -0.3 is 15.1 Å².